The van der Waals surface area contributed by atoms with Gasteiger partial charge in [-0.1, -0.05) is 72.3 Å². The van der Waals surface area contributed by atoms with E-state index < -0.39 is 29.9 Å². The van der Waals surface area contributed by atoms with Gasteiger partial charge in [-0.3, -0.25) is 9.59 Å². The third-order valence-corrected chi connectivity index (χ3v) is 4.26. The SMILES string of the molecule is O=C(CNC(=O)OCc1ccccc1)NCC(=O)N[C@@H](Cc1ccccc1)C(=O)OCCl. The quantitative estimate of drug-likeness (QED) is 0.344. The second kappa shape index (κ2) is 13.7. The van der Waals surface area contributed by atoms with Gasteiger partial charge in [0, 0.05) is 6.42 Å². The van der Waals surface area contributed by atoms with Crippen LogP contribution in [0, 0.1) is 0 Å². The van der Waals surface area contributed by atoms with Gasteiger partial charge in [0.15, 0.2) is 6.07 Å². The van der Waals surface area contributed by atoms with Crippen molar-refractivity contribution in [3.05, 3.63) is 71.8 Å². The predicted molar refractivity (Wildman–Crippen MR) is 117 cm³/mol. The third kappa shape index (κ3) is 9.48. The number of halogens is 1. The maximum atomic E-state index is 12.2. The molecule has 3 amide bonds. The average molecular weight is 462 g/mol. The molecule has 0 aliphatic rings. The average Bonchev–Trinajstić information content (AvgIpc) is 2.81. The van der Waals surface area contributed by atoms with Crippen LogP contribution < -0.4 is 16.0 Å². The number of alkyl carbamates (subject to hydrolysis) is 1. The zero-order valence-electron chi connectivity index (χ0n) is 17.2. The van der Waals surface area contributed by atoms with Crippen LogP contribution in [0.5, 0.6) is 0 Å². The number of rotatable bonds is 11. The van der Waals surface area contributed by atoms with Gasteiger partial charge in [-0.05, 0) is 11.1 Å². The Morgan fingerprint density at radius 3 is 2.00 bits per heavy atom. The smallest absolute Gasteiger partial charge is 0.407 e. The van der Waals surface area contributed by atoms with Gasteiger partial charge in [-0.25, -0.2) is 9.59 Å². The molecule has 0 aliphatic carbocycles. The fourth-order valence-corrected chi connectivity index (χ4v) is 2.72. The van der Waals surface area contributed by atoms with Crippen LogP contribution in [0.15, 0.2) is 60.7 Å². The van der Waals surface area contributed by atoms with Crippen LogP contribution in [0.2, 0.25) is 0 Å². The lowest BCUT2D eigenvalue weighted by Gasteiger charge is -2.17. The number of amides is 3. The van der Waals surface area contributed by atoms with Crippen LogP contribution in [-0.2, 0) is 36.9 Å². The zero-order chi connectivity index (χ0) is 23.2. The highest BCUT2D eigenvalue weighted by molar-refractivity contribution is 6.17. The van der Waals surface area contributed by atoms with Crippen LogP contribution in [0.4, 0.5) is 4.79 Å². The monoisotopic (exact) mass is 461 g/mol. The number of nitrogens with one attached hydrogen (secondary N) is 3. The summed E-state index contributed by atoms with van der Waals surface area (Å²) < 4.78 is 9.78. The van der Waals surface area contributed by atoms with Crippen LogP contribution >= 0.6 is 11.6 Å². The first kappa shape index (κ1) is 24.7. The van der Waals surface area contributed by atoms with Crippen molar-refractivity contribution in [1.82, 2.24) is 16.0 Å². The summed E-state index contributed by atoms with van der Waals surface area (Å²) in [4.78, 5) is 47.8. The topological polar surface area (TPSA) is 123 Å². The molecular formula is C22H24ClN3O6. The molecule has 1 atom stereocenters. The van der Waals surface area contributed by atoms with Gasteiger partial charge in [-0.2, -0.15) is 0 Å². The molecule has 0 saturated heterocycles. The van der Waals surface area contributed by atoms with Crippen molar-refractivity contribution < 1.29 is 28.7 Å². The Labute approximate surface area is 190 Å². The Balaban J connectivity index is 1.72. The molecule has 0 heterocycles. The molecule has 0 unspecified atom stereocenters. The Bertz CT molecular complexity index is 895. The van der Waals surface area contributed by atoms with Crippen LogP contribution in [0.3, 0.4) is 0 Å². The zero-order valence-corrected chi connectivity index (χ0v) is 18.0. The fraction of sp³-hybridized carbons (Fsp3) is 0.273. The fourth-order valence-electron chi connectivity index (χ4n) is 2.61. The number of alkyl halides is 1. The first-order chi connectivity index (χ1) is 15.5. The van der Waals surface area contributed by atoms with Crippen molar-refractivity contribution in [2.45, 2.75) is 19.1 Å². The summed E-state index contributed by atoms with van der Waals surface area (Å²) in [6.07, 6.45) is -0.564. The molecule has 0 fully saturated rings. The van der Waals surface area contributed by atoms with Gasteiger partial charge >= 0.3 is 12.1 Å². The number of hydrogen-bond donors (Lipinski definition) is 3. The highest BCUT2D eigenvalue weighted by atomic mass is 35.5. The normalized spacial score (nSPS) is 11.0. The van der Waals surface area contributed by atoms with E-state index in [0.717, 1.165) is 11.1 Å². The number of carbonyl (C=O) groups excluding carboxylic acids is 4. The largest absolute Gasteiger partial charge is 0.448 e. The molecule has 0 aromatic heterocycles. The van der Waals surface area contributed by atoms with E-state index in [1.165, 1.54) is 0 Å². The highest BCUT2D eigenvalue weighted by Gasteiger charge is 2.23. The standard InChI is InChI=1S/C22H24ClN3O6/c23-15-32-21(29)18(11-16-7-3-1-4-8-16)26-20(28)13-24-19(27)12-25-22(30)31-14-17-9-5-2-6-10-17/h1-10,18H,11-15H2,(H,24,27)(H,25,30)(H,26,28)/t18-/m0/s1. The van der Waals surface area contributed by atoms with E-state index in [0.29, 0.717) is 0 Å². The van der Waals surface area contributed by atoms with Crippen LogP contribution in [0.1, 0.15) is 11.1 Å². The van der Waals surface area contributed by atoms with Gasteiger partial charge in [0.25, 0.3) is 0 Å². The van der Waals surface area contributed by atoms with E-state index >= 15 is 0 Å². The van der Waals surface area contributed by atoms with Crippen molar-refractivity contribution in [3.8, 4) is 0 Å². The minimum absolute atomic E-state index is 0.0674. The molecule has 2 aromatic rings. The molecule has 32 heavy (non-hydrogen) atoms. The molecule has 3 N–H and O–H groups in total. The van der Waals surface area contributed by atoms with Gasteiger partial charge in [0.05, 0.1) is 6.54 Å². The Morgan fingerprint density at radius 2 is 1.38 bits per heavy atom. The van der Waals surface area contributed by atoms with Gasteiger partial charge in [0.2, 0.25) is 11.8 Å². The molecular weight excluding hydrogens is 438 g/mol. The number of ether oxygens (including phenoxy) is 2. The lowest BCUT2D eigenvalue weighted by Crippen LogP contribution is -2.48. The molecule has 0 radical (unpaired) electrons. The second-order valence-corrected chi connectivity index (χ2v) is 6.79. The molecule has 0 spiro atoms. The molecule has 2 rings (SSSR count). The third-order valence-electron chi connectivity index (χ3n) is 4.15. The maximum Gasteiger partial charge on any atom is 0.407 e. The predicted octanol–water partition coefficient (Wildman–Crippen LogP) is 1.50. The number of esters is 1. The van der Waals surface area contributed by atoms with E-state index in [2.05, 4.69) is 16.0 Å². The highest BCUT2D eigenvalue weighted by Crippen LogP contribution is 2.05. The molecule has 170 valence electrons. The summed E-state index contributed by atoms with van der Waals surface area (Å²) in [7, 11) is 0. The first-order valence-corrected chi connectivity index (χ1v) is 10.3. The summed E-state index contributed by atoms with van der Waals surface area (Å²) in [6, 6.07) is 16.8. The molecule has 0 aliphatic heterocycles. The lowest BCUT2D eigenvalue weighted by atomic mass is 10.1. The minimum Gasteiger partial charge on any atom is -0.448 e. The second-order valence-electron chi connectivity index (χ2n) is 6.57. The van der Waals surface area contributed by atoms with E-state index in [9.17, 15) is 19.2 Å². The van der Waals surface area contributed by atoms with Crippen molar-refractivity contribution >= 4 is 35.5 Å². The molecule has 0 saturated carbocycles. The first-order valence-electron chi connectivity index (χ1n) is 9.75. The molecule has 0 bridgehead atoms. The van der Waals surface area contributed by atoms with E-state index in [4.69, 9.17) is 21.1 Å². The van der Waals surface area contributed by atoms with Crippen molar-refractivity contribution in [1.29, 1.82) is 0 Å². The summed E-state index contributed by atoms with van der Waals surface area (Å²) in [5.41, 5.74) is 1.62. The maximum absolute atomic E-state index is 12.2. The summed E-state index contributed by atoms with van der Waals surface area (Å²) in [5, 5.41) is 7.15. The van der Waals surface area contributed by atoms with Crippen LogP contribution in [0.25, 0.3) is 0 Å². The van der Waals surface area contributed by atoms with Crippen molar-refractivity contribution in [2.75, 3.05) is 19.2 Å². The van der Waals surface area contributed by atoms with E-state index in [1.807, 2.05) is 24.3 Å². The van der Waals surface area contributed by atoms with Gasteiger partial charge < -0.3 is 25.4 Å². The summed E-state index contributed by atoms with van der Waals surface area (Å²) in [6.45, 7) is -0.695. The number of benzene rings is 2. The van der Waals surface area contributed by atoms with Crippen LogP contribution in [-0.4, -0.2) is 49.1 Å². The number of hydrogen-bond acceptors (Lipinski definition) is 6. The van der Waals surface area contributed by atoms with E-state index in [1.54, 1.807) is 36.4 Å². The van der Waals surface area contributed by atoms with Crippen molar-refractivity contribution in [3.63, 3.8) is 0 Å². The molecule has 2 aromatic carbocycles. The van der Waals surface area contributed by atoms with Gasteiger partial charge in [-0.15, -0.1) is 0 Å². The molecule has 10 heteroatoms. The Morgan fingerprint density at radius 1 is 0.781 bits per heavy atom. The van der Waals surface area contributed by atoms with Crippen molar-refractivity contribution in [2.24, 2.45) is 0 Å². The molecule has 9 nitrogen and oxygen atoms in total. The van der Waals surface area contributed by atoms with Gasteiger partial charge in [0.1, 0.15) is 19.2 Å². The Kier molecular flexibility index (Phi) is 10.5. The summed E-state index contributed by atoms with van der Waals surface area (Å²) >= 11 is 5.44. The summed E-state index contributed by atoms with van der Waals surface area (Å²) in [5.74, 6) is -1.89. The Hall–Kier alpha value is -3.59. The van der Waals surface area contributed by atoms with E-state index in [-0.39, 0.29) is 32.2 Å². The lowest BCUT2D eigenvalue weighted by molar-refractivity contribution is -0.145. The number of carbonyl (C=O) groups is 4. The minimum atomic E-state index is -0.966.